The number of halogens is 1. The Bertz CT molecular complexity index is 824. The van der Waals surface area contributed by atoms with Crippen molar-refractivity contribution in [2.75, 3.05) is 0 Å². The van der Waals surface area contributed by atoms with Gasteiger partial charge in [0.15, 0.2) is 0 Å². The Hall–Kier alpha value is -2.69. The number of carboxylic acids is 1. The number of benzene rings is 2. The Balaban J connectivity index is 2.22. The summed E-state index contributed by atoms with van der Waals surface area (Å²) < 4.78 is 15.1. The maximum absolute atomic E-state index is 13.4. The van der Waals surface area contributed by atoms with Crippen molar-refractivity contribution in [1.82, 2.24) is 9.55 Å². The molecular weight excluding hydrogens is 259 g/mol. The summed E-state index contributed by atoms with van der Waals surface area (Å²) in [5.41, 5.74) is 3.08. The molecule has 0 bridgehead atoms. The minimum atomic E-state index is -0.997. The van der Waals surface area contributed by atoms with Crippen LogP contribution in [-0.4, -0.2) is 20.6 Å². The van der Waals surface area contributed by atoms with Crippen LogP contribution in [0, 0.1) is 12.7 Å². The Kier molecular flexibility index (Phi) is 2.75. The summed E-state index contributed by atoms with van der Waals surface area (Å²) in [6.45, 7) is 1.88. The van der Waals surface area contributed by atoms with E-state index in [9.17, 15) is 9.18 Å². The summed E-state index contributed by atoms with van der Waals surface area (Å²) in [6.07, 6.45) is 1.57. The molecule has 0 fully saturated rings. The number of fused-ring (bicyclic) bond motifs is 1. The lowest BCUT2D eigenvalue weighted by molar-refractivity contribution is 0.0697. The van der Waals surface area contributed by atoms with Gasteiger partial charge in [0.05, 0.1) is 22.3 Å². The first kappa shape index (κ1) is 12.3. The monoisotopic (exact) mass is 270 g/mol. The van der Waals surface area contributed by atoms with E-state index in [-0.39, 0.29) is 11.4 Å². The van der Waals surface area contributed by atoms with Crippen molar-refractivity contribution >= 4 is 17.0 Å². The highest BCUT2D eigenvalue weighted by Gasteiger charge is 2.10. The average Bonchev–Trinajstić information content (AvgIpc) is 2.84. The second-order valence-electron chi connectivity index (χ2n) is 4.55. The molecule has 3 rings (SSSR count). The number of aromatic nitrogens is 2. The van der Waals surface area contributed by atoms with Crippen LogP contribution in [0.5, 0.6) is 0 Å². The van der Waals surface area contributed by atoms with Gasteiger partial charge in [0, 0.05) is 0 Å². The summed E-state index contributed by atoms with van der Waals surface area (Å²) in [6, 6.07) is 9.22. The molecule has 0 radical (unpaired) electrons. The molecule has 0 unspecified atom stereocenters. The van der Waals surface area contributed by atoms with Crippen molar-refractivity contribution < 1.29 is 14.3 Å². The Morgan fingerprint density at radius 2 is 2.05 bits per heavy atom. The van der Waals surface area contributed by atoms with Gasteiger partial charge in [-0.25, -0.2) is 14.2 Å². The zero-order chi connectivity index (χ0) is 14.3. The van der Waals surface area contributed by atoms with Gasteiger partial charge in [0.25, 0.3) is 0 Å². The minimum absolute atomic E-state index is 0.179. The number of aryl methyl sites for hydroxylation is 1. The lowest BCUT2D eigenvalue weighted by Crippen LogP contribution is -1.98. The van der Waals surface area contributed by atoms with E-state index < -0.39 is 5.97 Å². The lowest BCUT2D eigenvalue weighted by Gasteiger charge is -2.08. The maximum Gasteiger partial charge on any atom is 0.335 e. The number of aromatic carboxylic acids is 1. The van der Waals surface area contributed by atoms with Gasteiger partial charge in [-0.1, -0.05) is 6.07 Å². The first-order valence-corrected chi connectivity index (χ1v) is 6.03. The van der Waals surface area contributed by atoms with Gasteiger partial charge in [-0.3, -0.25) is 4.57 Å². The highest BCUT2D eigenvalue weighted by molar-refractivity contribution is 5.92. The average molecular weight is 270 g/mol. The van der Waals surface area contributed by atoms with Crippen LogP contribution in [0.3, 0.4) is 0 Å². The molecule has 1 heterocycles. The Labute approximate surface area is 114 Å². The van der Waals surface area contributed by atoms with E-state index in [1.54, 1.807) is 23.0 Å². The molecule has 1 aromatic heterocycles. The van der Waals surface area contributed by atoms with E-state index in [0.717, 1.165) is 11.1 Å². The van der Waals surface area contributed by atoms with Crippen LogP contribution in [-0.2, 0) is 0 Å². The molecule has 0 spiro atoms. The number of hydrogen-bond donors (Lipinski definition) is 1. The third-order valence-corrected chi connectivity index (χ3v) is 3.22. The van der Waals surface area contributed by atoms with Crippen LogP contribution >= 0.6 is 0 Å². The summed E-state index contributed by atoms with van der Waals surface area (Å²) in [5, 5.41) is 8.96. The molecule has 4 nitrogen and oxygen atoms in total. The van der Waals surface area contributed by atoms with Crippen LogP contribution in [0.2, 0.25) is 0 Å². The van der Waals surface area contributed by atoms with Crippen molar-refractivity contribution in [3.63, 3.8) is 0 Å². The van der Waals surface area contributed by atoms with Gasteiger partial charge < -0.3 is 5.11 Å². The predicted octanol–water partition coefficient (Wildman–Crippen LogP) is 3.17. The fraction of sp³-hybridized carbons (Fsp3) is 0.0667. The normalized spacial score (nSPS) is 10.9. The summed E-state index contributed by atoms with van der Waals surface area (Å²) in [7, 11) is 0. The predicted molar refractivity (Wildman–Crippen MR) is 72.7 cm³/mol. The fourth-order valence-corrected chi connectivity index (χ4v) is 2.18. The fourth-order valence-electron chi connectivity index (χ4n) is 2.18. The summed E-state index contributed by atoms with van der Waals surface area (Å²) in [4.78, 5) is 15.1. The molecule has 0 saturated carbocycles. The standard InChI is InChI=1S/C15H11FN2O2/c1-9-2-4-11(16)7-14(9)18-8-17-12-6-10(15(19)20)3-5-13(12)18/h2-8H,1H3,(H,19,20). The number of carbonyl (C=O) groups is 1. The number of rotatable bonds is 2. The Morgan fingerprint density at radius 3 is 2.80 bits per heavy atom. The molecule has 5 heteroatoms. The van der Waals surface area contributed by atoms with Gasteiger partial charge in [-0.15, -0.1) is 0 Å². The second kappa shape index (κ2) is 4.45. The van der Waals surface area contributed by atoms with E-state index in [2.05, 4.69) is 4.98 Å². The Morgan fingerprint density at radius 1 is 1.25 bits per heavy atom. The van der Waals surface area contributed by atoms with Crippen molar-refractivity contribution in [2.24, 2.45) is 0 Å². The van der Waals surface area contributed by atoms with Gasteiger partial charge in [-0.05, 0) is 42.8 Å². The highest BCUT2D eigenvalue weighted by Crippen LogP contribution is 2.22. The third kappa shape index (κ3) is 1.93. The van der Waals surface area contributed by atoms with Crippen molar-refractivity contribution in [3.05, 3.63) is 59.7 Å². The van der Waals surface area contributed by atoms with E-state index in [1.807, 2.05) is 6.92 Å². The molecule has 0 aliphatic heterocycles. The zero-order valence-electron chi connectivity index (χ0n) is 10.7. The molecule has 20 heavy (non-hydrogen) atoms. The molecule has 1 N–H and O–H groups in total. The summed E-state index contributed by atoms with van der Waals surface area (Å²) in [5.74, 6) is -1.32. The molecule has 0 aliphatic rings. The zero-order valence-corrected chi connectivity index (χ0v) is 10.7. The van der Waals surface area contributed by atoms with Crippen LogP contribution in [0.15, 0.2) is 42.7 Å². The molecule has 2 aromatic carbocycles. The van der Waals surface area contributed by atoms with Gasteiger partial charge in [0.1, 0.15) is 12.1 Å². The van der Waals surface area contributed by atoms with Crippen molar-refractivity contribution in [1.29, 1.82) is 0 Å². The molecular formula is C15H11FN2O2. The molecule has 3 aromatic rings. The second-order valence-corrected chi connectivity index (χ2v) is 4.55. The quantitative estimate of drug-likeness (QED) is 0.778. The van der Waals surface area contributed by atoms with Gasteiger partial charge in [-0.2, -0.15) is 0 Å². The van der Waals surface area contributed by atoms with Crippen molar-refractivity contribution in [2.45, 2.75) is 6.92 Å². The van der Waals surface area contributed by atoms with Crippen LogP contribution in [0.4, 0.5) is 4.39 Å². The molecule has 0 aliphatic carbocycles. The number of carboxylic acid groups (broad SMARTS) is 1. The number of hydrogen-bond acceptors (Lipinski definition) is 2. The van der Waals surface area contributed by atoms with Crippen LogP contribution < -0.4 is 0 Å². The van der Waals surface area contributed by atoms with E-state index in [0.29, 0.717) is 11.2 Å². The molecule has 0 saturated heterocycles. The van der Waals surface area contributed by atoms with Gasteiger partial charge in [0.2, 0.25) is 0 Å². The molecule has 0 amide bonds. The number of nitrogens with zero attached hydrogens (tertiary/aromatic N) is 2. The topological polar surface area (TPSA) is 55.1 Å². The van der Waals surface area contributed by atoms with Crippen molar-refractivity contribution in [3.8, 4) is 5.69 Å². The summed E-state index contributed by atoms with van der Waals surface area (Å²) >= 11 is 0. The largest absolute Gasteiger partial charge is 0.478 e. The lowest BCUT2D eigenvalue weighted by atomic mass is 10.1. The van der Waals surface area contributed by atoms with E-state index >= 15 is 0 Å². The third-order valence-electron chi connectivity index (χ3n) is 3.22. The molecule has 100 valence electrons. The van der Waals surface area contributed by atoms with Gasteiger partial charge >= 0.3 is 5.97 Å². The first-order chi connectivity index (χ1) is 9.56. The SMILES string of the molecule is Cc1ccc(F)cc1-n1cnc2cc(C(=O)O)ccc21. The maximum atomic E-state index is 13.4. The van der Waals surface area contributed by atoms with E-state index in [4.69, 9.17) is 5.11 Å². The van der Waals surface area contributed by atoms with Crippen LogP contribution in [0.25, 0.3) is 16.7 Å². The smallest absolute Gasteiger partial charge is 0.335 e. The minimum Gasteiger partial charge on any atom is -0.478 e. The number of imidazole rings is 1. The van der Waals surface area contributed by atoms with E-state index in [1.165, 1.54) is 24.3 Å². The molecule has 0 atom stereocenters. The first-order valence-electron chi connectivity index (χ1n) is 6.03. The highest BCUT2D eigenvalue weighted by atomic mass is 19.1. The van der Waals surface area contributed by atoms with Crippen LogP contribution in [0.1, 0.15) is 15.9 Å².